The van der Waals surface area contributed by atoms with Crippen LogP contribution in [0, 0.1) is 0 Å². The largest absolute Gasteiger partial charge is 0.309 e. The Bertz CT molecular complexity index is 1450. The quantitative estimate of drug-likeness (QED) is 0.149. The van der Waals surface area contributed by atoms with Crippen LogP contribution < -0.4 is 4.90 Å². The maximum atomic E-state index is 11.3. The highest BCUT2D eigenvalue weighted by atomic mass is 32.2. The molecule has 4 aromatic carbocycles. The standard InChI is InChI=1S/C30H27NO3S3/c32-37(33,34)21-11-20-35-30(36-22-23-12-3-1-4-13-23)29-25-16-7-9-18-27(25)31(24-14-5-2-6-15-24)28-19-10-8-17-26(28)29/h1-10,12-19H,11,20-22H2,(H,32,33,34). The fourth-order valence-electron chi connectivity index (χ4n) is 4.43. The number of thioether (sulfide) groups is 2. The lowest BCUT2D eigenvalue weighted by Gasteiger charge is -2.35. The van der Waals surface area contributed by atoms with Crippen molar-refractivity contribution in [2.75, 3.05) is 16.4 Å². The van der Waals surface area contributed by atoms with Gasteiger partial charge in [0.1, 0.15) is 0 Å². The third-order valence-electron chi connectivity index (χ3n) is 6.04. The summed E-state index contributed by atoms with van der Waals surface area (Å²) in [6.45, 7) is 0. The summed E-state index contributed by atoms with van der Waals surface area (Å²) in [6.07, 6.45) is 0.381. The average molecular weight is 546 g/mol. The predicted molar refractivity (Wildman–Crippen MR) is 158 cm³/mol. The number of nitrogens with zero attached hydrogens (tertiary/aromatic N) is 1. The molecule has 1 heterocycles. The van der Waals surface area contributed by atoms with Gasteiger partial charge in [0, 0.05) is 32.4 Å². The van der Waals surface area contributed by atoms with E-state index in [1.807, 2.05) is 24.3 Å². The van der Waals surface area contributed by atoms with Crippen molar-refractivity contribution in [1.82, 2.24) is 0 Å². The van der Waals surface area contributed by atoms with Crippen LogP contribution in [0.2, 0.25) is 0 Å². The SMILES string of the molecule is O=S(=O)(O)CCCSC(SCc1ccccc1)=C1c2ccccc2N(c2ccccc2)c2ccccc21. The van der Waals surface area contributed by atoms with Crippen LogP contribution >= 0.6 is 23.5 Å². The van der Waals surface area contributed by atoms with Crippen molar-refractivity contribution in [2.45, 2.75) is 12.2 Å². The smallest absolute Gasteiger partial charge is 0.264 e. The van der Waals surface area contributed by atoms with Crippen molar-refractivity contribution >= 4 is 56.3 Å². The highest BCUT2D eigenvalue weighted by Crippen LogP contribution is 2.52. The monoisotopic (exact) mass is 545 g/mol. The number of benzene rings is 4. The molecular formula is C30H27NO3S3. The van der Waals surface area contributed by atoms with E-state index in [9.17, 15) is 13.0 Å². The molecule has 0 aliphatic carbocycles. The van der Waals surface area contributed by atoms with E-state index in [1.165, 1.54) is 5.56 Å². The van der Waals surface area contributed by atoms with Crippen LogP contribution in [0.3, 0.4) is 0 Å². The third-order valence-corrected chi connectivity index (χ3v) is 9.45. The van der Waals surface area contributed by atoms with Gasteiger partial charge in [-0.25, -0.2) is 0 Å². The molecule has 37 heavy (non-hydrogen) atoms. The van der Waals surface area contributed by atoms with Crippen LogP contribution in [0.4, 0.5) is 17.1 Å². The fourth-order valence-corrected chi connectivity index (χ4v) is 7.57. The minimum atomic E-state index is -3.98. The van der Waals surface area contributed by atoms with Crippen molar-refractivity contribution in [1.29, 1.82) is 0 Å². The van der Waals surface area contributed by atoms with Crippen molar-refractivity contribution < 1.29 is 13.0 Å². The third kappa shape index (κ3) is 6.13. The number of hydrogen-bond acceptors (Lipinski definition) is 5. The molecule has 7 heteroatoms. The van der Waals surface area contributed by atoms with Crippen LogP contribution in [0.5, 0.6) is 0 Å². The molecule has 0 saturated heterocycles. The van der Waals surface area contributed by atoms with Crippen molar-refractivity contribution in [3.05, 3.63) is 130 Å². The van der Waals surface area contributed by atoms with Crippen LogP contribution in [0.1, 0.15) is 23.1 Å². The minimum absolute atomic E-state index is 0.235. The van der Waals surface area contributed by atoms with Crippen molar-refractivity contribution in [2.24, 2.45) is 0 Å². The Hall–Kier alpha value is -2.97. The Morgan fingerprint density at radius 3 is 1.84 bits per heavy atom. The van der Waals surface area contributed by atoms with Crippen LogP contribution in [-0.4, -0.2) is 24.5 Å². The Balaban J connectivity index is 1.62. The summed E-state index contributed by atoms with van der Waals surface area (Å²) in [6, 6.07) is 37.6. The van der Waals surface area contributed by atoms with E-state index in [4.69, 9.17) is 0 Å². The van der Waals surface area contributed by atoms with E-state index >= 15 is 0 Å². The molecule has 4 aromatic rings. The molecule has 0 aromatic heterocycles. The van der Waals surface area contributed by atoms with Gasteiger partial charge in [0.25, 0.3) is 10.1 Å². The lowest BCUT2D eigenvalue weighted by molar-refractivity contribution is 0.482. The zero-order valence-electron chi connectivity index (χ0n) is 20.2. The molecule has 0 amide bonds. The molecule has 1 N–H and O–H groups in total. The molecule has 0 radical (unpaired) electrons. The molecule has 5 rings (SSSR count). The van der Waals surface area contributed by atoms with Gasteiger partial charge in [0.05, 0.1) is 17.1 Å². The van der Waals surface area contributed by atoms with E-state index in [0.717, 1.165) is 43.8 Å². The first-order chi connectivity index (χ1) is 18.0. The van der Waals surface area contributed by atoms with Gasteiger partial charge in [0.2, 0.25) is 0 Å². The number of para-hydroxylation sites is 3. The number of hydrogen-bond donors (Lipinski definition) is 1. The summed E-state index contributed by atoms with van der Waals surface area (Å²) < 4.78 is 33.0. The van der Waals surface area contributed by atoms with Gasteiger partial charge in [-0.2, -0.15) is 8.42 Å². The second-order valence-electron chi connectivity index (χ2n) is 8.63. The number of anilines is 3. The van der Waals surface area contributed by atoms with Crippen LogP contribution in [0.25, 0.3) is 5.57 Å². The Morgan fingerprint density at radius 1 is 0.703 bits per heavy atom. The molecule has 0 spiro atoms. The minimum Gasteiger partial charge on any atom is -0.309 e. The van der Waals surface area contributed by atoms with Crippen LogP contribution in [0.15, 0.2) is 113 Å². The predicted octanol–water partition coefficient (Wildman–Crippen LogP) is 8.13. The summed E-state index contributed by atoms with van der Waals surface area (Å²) in [5.41, 5.74) is 7.99. The topological polar surface area (TPSA) is 57.6 Å². The molecule has 4 nitrogen and oxygen atoms in total. The maximum Gasteiger partial charge on any atom is 0.264 e. The van der Waals surface area contributed by atoms with E-state index in [1.54, 1.807) is 23.5 Å². The van der Waals surface area contributed by atoms with Gasteiger partial charge in [-0.1, -0.05) is 84.9 Å². The molecule has 0 atom stereocenters. The molecule has 0 unspecified atom stereocenters. The summed E-state index contributed by atoms with van der Waals surface area (Å²) >= 11 is 3.44. The summed E-state index contributed by atoms with van der Waals surface area (Å²) in [4.78, 5) is 2.30. The summed E-state index contributed by atoms with van der Waals surface area (Å²) in [7, 11) is -3.98. The molecular weight excluding hydrogens is 519 g/mol. The van der Waals surface area contributed by atoms with E-state index in [2.05, 4.69) is 89.8 Å². The number of fused-ring (bicyclic) bond motifs is 2. The summed E-state index contributed by atoms with van der Waals surface area (Å²) in [5.74, 6) is 1.16. The normalized spacial score (nSPS) is 12.7. The summed E-state index contributed by atoms with van der Waals surface area (Å²) in [5, 5.41) is 0. The van der Waals surface area contributed by atoms with Crippen molar-refractivity contribution in [3.8, 4) is 0 Å². The van der Waals surface area contributed by atoms with Crippen molar-refractivity contribution in [3.63, 3.8) is 0 Å². The van der Waals surface area contributed by atoms with Gasteiger partial charge >= 0.3 is 0 Å². The lowest BCUT2D eigenvalue weighted by atomic mass is 9.91. The van der Waals surface area contributed by atoms with Gasteiger partial charge in [-0.05, 0) is 42.0 Å². The first-order valence-corrected chi connectivity index (χ1v) is 15.6. The molecule has 0 fully saturated rings. The van der Waals surface area contributed by atoms with Gasteiger partial charge in [-0.15, -0.1) is 23.5 Å². The Morgan fingerprint density at radius 2 is 1.24 bits per heavy atom. The van der Waals surface area contributed by atoms with E-state index < -0.39 is 10.1 Å². The Kier molecular flexibility index (Phi) is 8.05. The maximum absolute atomic E-state index is 11.3. The van der Waals surface area contributed by atoms with Gasteiger partial charge in [-0.3, -0.25) is 4.55 Å². The van der Waals surface area contributed by atoms with E-state index in [0.29, 0.717) is 12.2 Å². The van der Waals surface area contributed by atoms with E-state index in [-0.39, 0.29) is 5.75 Å². The first kappa shape index (κ1) is 25.7. The Labute approximate surface area is 227 Å². The molecule has 188 valence electrons. The average Bonchev–Trinajstić information content (AvgIpc) is 2.92. The van der Waals surface area contributed by atoms with Crippen LogP contribution in [-0.2, 0) is 15.9 Å². The lowest BCUT2D eigenvalue weighted by Crippen LogP contribution is -2.18. The fraction of sp³-hybridized carbons (Fsp3) is 0.133. The second-order valence-corrected chi connectivity index (χ2v) is 12.6. The first-order valence-electron chi connectivity index (χ1n) is 12.0. The highest BCUT2D eigenvalue weighted by molar-refractivity contribution is 8.22. The molecule has 1 aliphatic rings. The van der Waals surface area contributed by atoms with Gasteiger partial charge in [0.15, 0.2) is 0 Å². The second kappa shape index (κ2) is 11.6. The molecule has 0 bridgehead atoms. The van der Waals surface area contributed by atoms with Gasteiger partial charge < -0.3 is 4.90 Å². The molecule has 0 saturated carbocycles. The number of rotatable bonds is 9. The zero-order valence-corrected chi connectivity index (χ0v) is 22.6. The molecule has 1 aliphatic heterocycles. The highest BCUT2D eigenvalue weighted by Gasteiger charge is 2.29. The zero-order chi connectivity index (χ0) is 25.7.